The lowest BCUT2D eigenvalue weighted by Crippen LogP contribution is -1.96. The van der Waals surface area contributed by atoms with E-state index in [1.165, 1.54) is 6.07 Å². The Morgan fingerprint density at radius 3 is 2.33 bits per heavy atom. The van der Waals surface area contributed by atoms with Gasteiger partial charge in [-0.05, 0) is 52.9 Å². The fraction of sp³-hybridized carbons (Fsp3) is 0.111. The Morgan fingerprint density at radius 1 is 0.788 bits per heavy atom. The van der Waals surface area contributed by atoms with Gasteiger partial charge < -0.3 is 4.52 Å². The van der Waals surface area contributed by atoms with Crippen LogP contribution in [0.25, 0.3) is 45.4 Å². The Hall–Kier alpha value is -4.19. The molecule has 0 N–H and O–H groups in total. The first kappa shape index (κ1) is 20.7. The summed E-state index contributed by atoms with van der Waals surface area (Å²) in [5.74, 6) is 0.353. The molecular formula is C27H21FN4O. The quantitative estimate of drug-likeness (QED) is 0.303. The van der Waals surface area contributed by atoms with E-state index in [9.17, 15) is 0 Å². The Bertz CT molecular complexity index is 1400. The molecule has 0 unspecified atom stereocenters. The van der Waals surface area contributed by atoms with E-state index in [0.717, 1.165) is 28.1 Å². The van der Waals surface area contributed by atoms with Gasteiger partial charge in [0.05, 0.1) is 22.5 Å². The highest BCUT2D eigenvalue weighted by atomic mass is 19.1. The number of pyridine rings is 2. The maximum atomic E-state index is 15.1. The van der Waals surface area contributed by atoms with Gasteiger partial charge in [0.1, 0.15) is 5.82 Å². The molecule has 5 aromatic rings. The zero-order chi connectivity index (χ0) is 22.8. The molecule has 3 heterocycles. The Balaban J connectivity index is 1.54. The van der Waals surface area contributed by atoms with Crippen molar-refractivity contribution in [2.45, 2.75) is 19.8 Å². The maximum absolute atomic E-state index is 15.1. The smallest absolute Gasteiger partial charge is 0.259 e. The number of halogens is 1. The first-order chi connectivity index (χ1) is 16.1. The average molecular weight is 436 g/mol. The lowest BCUT2D eigenvalue weighted by molar-refractivity contribution is 0.432. The van der Waals surface area contributed by atoms with Crippen LogP contribution in [0.15, 0.2) is 89.7 Å². The third-order valence-corrected chi connectivity index (χ3v) is 5.47. The molecule has 2 aromatic carbocycles. The molecule has 0 bridgehead atoms. The van der Waals surface area contributed by atoms with Gasteiger partial charge in [-0.1, -0.05) is 61.5 Å². The van der Waals surface area contributed by atoms with Crippen LogP contribution in [0.4, 0.5) is 4.39 Å². The number of nitrogens with zero attached hydrogens (tertiary/aromatic N) is 4. The molecule has 0 aliphatic carbocycles. The molecule has 0 saturated carbocycles. The van der Waals surface area contributed by atoms with Gasteiger partial charge in [-0.2, -0.15) is 4.98 Å². The second-order valence-electron chi connectivity index (χ2n) is 7.97. The molecule has 0 amide bonds. The lowest BCUT2D eigenvalue weighted by Gasteiger charge is -2.15. The molecule has 162 valence electrons. The predicted molar refractivity (Wildman–Crippen MR) is 126 cm³/mol. The van der Waals surface area contributed by atoms with Crippen molar-refractivity contribution < 1.29 is 8.91 Å². The van der Waals surface area contributed by atoms with E-state index in [1.807, 2.05) is 54.6 Å². The van der Waals surface area contributed by atoms with Crippen LogP contribution >= 0.6 is 0 Å². The van der Waals surface area contributed by atoms with E-state index in [1.54, 1.807) is 18.5 Å². The fourth-order valence-corrected chi connectivity index (χ4v) is 3.85. The van der Waals surface area contributed by atoms with Crippen LogP contribution in [-0.4, -0.2) is 20.1 Å². The van der Waals surface area contributed by atoms with E-state index in [0.29, 0.717) is 11.1 Å². The first-order valence-electron chi connectivity index (χ1n) is 10.7. The maximum Gasteiger partial charge on any atom is 0.259 e. The van der Waals surface area contributed by atoms with Gasteiger partial charge in [-0.15, -0.1) is 0 Å². The fourth-order valence-electron chi connectivity index (χ4n) is 3.85. The SMILES string of the molecule is CC(C)c1ccccc1-c1cccc(F)c1-c1noc(-c2ccc(-c3ccccn3)nc2)n1. The van der Waals surface area contributed by atoms with Crippen LogP contribution < -0.4 is 0 Å². The lowest BCUT2D eigenvalue weighted by atomic mass is 9.90. The second kappa shape index (κ2) is 8.74. The normalized spacial score (nSPS) is 11.2. The van der Waals surface area contributed by atoms with Crippen molar-refractivity contribution in [3.05, 3.63) is 96.6 Å². The van der Waals surface area contributed by atoms with Gasteiger partial charge in [0.2, 0.25) is 5.82 Å². The highest BCUT2D eigenvalue weighted by molar-refractivity contribution is 5.83. The zero-order valence-electron chi connectivity index (χ0n) is 18.2. The van der Waals surface area contributed by atoms with Crippen molar-refractivity contribution in [2.24, 2.45) is 0 Å². The molecule has 0 aliphatic rings. The molecule has 3 aromatic heterocycles. The van der Waals surface area contributed by atoms with E-state index < -0.39 is 5.82 Å². The van der Waals surface area contributed by atoms with E-state index >= 15 is 4.39 Å². The summed E-state index contributed by atoms with van der Waals surface area (Å²) in [7, 11) is 0. The van der Waals surface area contributed by atoms with Crippen LogP contribution in [0.2, 0.25) is 0 Å². The van der Waals surface area contributed by atoms with Crippen molar-refractivity contribution in [3.63, 3.8) is 0 Å². The minimum absolute atomic E-state index is 0.200. The molecule has 33 heavy (non-hydrogen) atoms. The average Bonchev–Trinajstić information content (AvgIpc) is 3.34. The Kier molecular flexibility index (Phi) is 5.48. The molecule has 0 fully saturated rings. The largest absolute Gasteiger partial charge is 0.334 e. The summed E-state index contributed by atoms with van der Waals surface area (Å²) in [5, 5.41) is 4.10. The summed E-state index contributed by atoms with van der Waals surface area (Å²) < 4.78 is 20.6. The Labute approximate surface area is 191 Å². The molecule has 0 saturated heterocycles. The Morgan fingerprint density at radius 2 is 1.58 bits per heavy atom. The molecule has 0 spiro atoms. The van der Waals surface area contributed by atoms with Crippen molar-refractivity contribution in [1.82, 2.24) is 20.1 Å². The topological polar surface area (TPSA) is 64.7 Å². The van der Waals surface area contributed by atoms with Crippen LogP contribution in [0.3, 0.4) is 0 Å². The van der Waals surface area contributed by atoms with Crippen LogP contribution in [0.1, 0.15) is 25.3 Å². The number of benzene rings is 2. The van der Waals surface area contributed by atoms with E-state index in [-0.39, 0.29) is 17.6 Å². The summed E-state index contributed by atoms with van der Waals surface area (Å²) in [6.07, 6.45) is 3.37. The second-order valence-corrected chi connectivity index (χ2v) is 7.97. The first-order valence-corrected chi connectivity index (χ1v) is 10.7. The van der Waals surface area contributed by atoms with Crippen LogP contribution in [0.5, 0.6) is 0 Å². The van der Waals surface area contributed by atoms with Gasteiger partial charge >= 0.3 is 0 Å². The van der Waals surface area contributed by atoms with E-state index in [2.05, 4.69) is 40.0 Å². The number of aromatic nitrogens is 4. The van der Waals surface area contributed by atoms with E-state index in [4.69, 9.17) is 4.52 Å². The highest BCUT2D eigenvalue weighted by Crippen LogP contribution is 2.37. The van der Waals surface area contributed by atoms with Gasteiger partial charge in [0.25, 0.3) is 5.89 Å². The number of hydrogen-bond donors (Lipinski definition) is 0. The van der Waals surface area contributed by atoms with Gasteiger partial charge in [-0.25, -0.2) is 4.39 Å². The standard InChI is InChI=1S/C27H21FN4O/c1-17(2)19-8-3-4-9-20(19)21-10-7-11-22(28)25(21)26-31-27(33-32-26)18-13-14-24(30-16-18)23-12-5-6-15-29-23/h3-17H,1-2H3. The minimum atomic E-state index is -0.401. The van der Waals surface area contributed by atoms with Crippen molar-refractivity contribution >= 4 is 0 Å². The van der Waals surface area contributed by atoms with Crippen LogP contribution in [0, 0.1) is 5.82 Å². The van der Waals surface area contributed by atoms with Crippen molar-refractivity contribution in [1.29, 1.82) is 0 Å². The summed E-state index contributed by atoms with van der Waals surface area (Å²) in [5.41, 5.74) is 5.29. The zero-order valence-corrected chi connectivity index (χ0v) is 18.2. The summed E-state index contributed by atoms with van der Waals surface area (Å²) in [4.78, 5) is 13.3. The third-order valence-electron chi connectivity index (χ3n) is 5.47. The molecule has 0 aliphatic heterocycles. The summed E-state index contributed by atoms with van der Waals surface area (Å²) in [6.45, 7) is 4.23. The van der Waals surface area contributed by atoms with Crippen molar-refractivity contribution in [3.8, 4) is 45.4 Å². The molecule has 5 nitrogen and oxygen atoms in total. The van der Waals surface area contributed by atoms with Gasteiger partial charge in [0, 0.05) is 12.4 Å². The predicted octanol–water partition coefficient (Wildman–Crippen LogP) is 6.79. The van der Waals surface area contributed by atoms with Gasteiger partial charge in [-0.3, -0.25) is 9.97 Å². The molecule has 5 rings (SSSR count). The third kappa shape index (κ3) is 4.03. The number of rotatable bonds is 5. The molecule has 0 radical (unpaired) electrons. The molecule has 0 atom stereocenters. The monoisotopic (exact) mass is 436 g/mol. The highest BCUT2D eigenvalue weighted by Gasteiger charge is 2.21. The number of hydrogen-bond acceptors (Lipinski definition) is 5. The van der Waals surface area contributed by atoms with Gasteiger partial charge in [0.15, 0.2) is 0 Å². The van der Waals surface area contributed by atoms with Crippen molar-refractivity contribution in [2.75, 3.05) is 0 Å². The molecule has 6 heteroatoms. The molecular weight excluding hydrogens is 415 g/mol. The summed E-state index contributed by atoms with van der Waals surface area (Å²) >= 11 is 0. The van der Waals surface area contributed by atoms with Crippen LogP contribution in [-0.2, 0) is 0 Å². The minimum Gasteiger partial charge on any atom is -0.334 e. The summed E-state index contributed by atoms with van der Waals surface area (Å²) in [6, 6.07) is 22.3.